The highest BCUT2D eigenvalue weighted by Crippen LogP contribution is 2.29. The third-order valence-corrected chi connectivity index (χ3v) is 2.38. The van der Waals surface area contributed by atoms with Crippen molar-refractivity contribution < 1.29 is 25.5 Å². The molecule has 7 N–H and O–H groups in total. The Balaban J connectivity index is 2.90. The van der Waals surface area contributed by atoms with Crippen LogP contribution in [0.3, 0.4) is 0 Å². The molecule has 0 bridgehead atoms. The molecule has 0 saturated heterocycles. The van der Waals surface area contributed by atoms with Gasteiger partial charge in [-0.3, -0.25) is 0 Å². The van der Waals surface area contributed by atoms with Gasteiger partial charge >= 0.3 is 0 Å². The van der Waals surface area contributed by atoms with Gasteiger partial charge in [-0.05, 0) is 0 Å². The summed E-state index contributed by atoms with van der Waals surface area (Å²) in [5.74, 6) is 0. The van der Waals surface area contributed by atoms with Crippen LogP contribution < -0.4 is 5.73 Å². The number of rotatable bonds is 1. The maximum atomic E-state index is 9.43. The molecular formula is C6H13NO5. The van der Waals surface area contributed by atoms with Gasteiger partial charge in [-0.25, -0.2) is 0 Å². The number of aliphatic hydroxyl groups is 5. The van der Waals surface area contributed by atoms with Gasteiger partial charge < -0.3 is 31.3 Å². The third-order valence-electron chi connectivity index (χ3n) is 2.38. The van der Waals surface area contributed by atoms with Crippen LogP contribution in [0.25, 0.3) is 0 Å². The molecule has 0 aromatic carbocycles. The first-order valence-corrected chi connectivity index (χ1v) is 3.58. The van der Waals surface area contributed by atoms with Gasteiger partial charge in [-0.2, -0.15) is 0 Å². The SMILES string of the molecule is N[C@@H]1[C@@H](O)[C@@H](O)[C@H](O)[C@]1(O)CO. The van der Waals surface area contributed by atoms with E-state index >= 15 is 0 Å². The lowest BCUT2D eigenvalue weighted by atomic mass is 9.97. The standard InChI is InChI=1S/C6H13NO5/c7-4-2(9)3(10)5(11)6(4,12)1-8/h2-5,8-12H,1,7H2/t2-,3+,4+,5-,6-/m0/s1. The van der Waals surface area contributed by atoms with Crippen LogP contribution in [0.4, 0.5) is 0 Å². The van der Waals surface area contributed by atoms with Crippen LogP contribution in [-0.4, -0.2) is 62.1 Å². The summed E-state index contributed by atoms with van der Waals surface area (Å²) in [6, 6.07) is -1.24. The van der Waals surface area contributed by atoms with E-state index in [9.17, 15) is 5.11 Å². The zero-order valence-electron chi connectivity index (χ0n) is 6.33. The Bertz CT molecular complexity index is 161. The van der Waals surface area contributed by atoms with Gasteiger partial charge in [0.2, 0.25) is 0 Å². The Morgan fingerprint density at radius 3 is 1.83 bits per heavy atom. The fourth-order valence-electron chi connectivity index (χ4n) is 1.39. The van der Waals surface area contributed by atoms with E-state index < -0.39 is 36.6 Å². The molecule has 6 nitrogen and oxygen atoms in total. The summed E-state index contributed by atoms with van der Waals surface area (Å²) < 4.78 is 0. The molecule has 5 atom stereocenters. The van der Waals surface area contributed by atoms with Crippen molar-refractivity contribution >= 4 is 0 Å². The predicted molar refractivity (Wildman–Crippen MR) is 38.0 cm³/mol. The van der Waals surface area contributed by atoms with E-state index in [1.54, 1.807) is 0 Å². The molecule has 6 heteroatoms. The third kappa shape index (κ3) is 1.05. The molecular weight excluding hydrogens is 166 g/mol. The topological polar surface area (TPSA) is 127 Å². The highest BCUT2D eigenvalue weighted by Gasteiger charge is 2.57. The molecule has 0 aliphatic heterocycles. The molecule has 72 valence electrons. The van der Waals surface area contributed by atoms with Crippen molar-refractivity contribution in [2.75, 3.05) is 6.61 Å². The average Bonchev–Trinajstić information content (AvgIpc) is 2.22. The average molecular weight is 179 g/mol. The van der Waals surface area contributed by atoms with Gasteiger partial charge in [0.25, 0.3) is 0 Å². The van der Waals surface area contributed by atoms with Gasteiger partial charge in [-0.1, -0.05) is 0 Å². The number of hydrogen-bond acceptors (Lipinski definition) is 6. The first kappa shape index (κ1) is 9.85. The summed E-state index contributed by atoms with van der Waals surface area (Å²) in [5, 5.41) is 45.4. The summed E-state index contributed by atoms with van der Waals surface area (Å²) in [4.78, 5) is 0. The lowest BCUT2D eigenvalue weighted by Gasteiger charge is -2.28. The molecule has 0 radical (unpaired) electrons. The molecule has 12 heavy (non-hydrogen) atoms. The second-order valence-corrected chi connectivity index (χ2v) is 3.10. The van der Waals surface area contributed by atoms with Crippen molar-refractivity contribution in [1.82, 2.24) is 0 Å². The fraction of sp³-hybridized carbons (Fsp3) is 1.00. The Kier molecular flexibility index (Phi) is 2.39. The van der Waals surface area contributed by atoms with Crippen LogP contribution in [0.1, 0.15) is 0 Å². The van der Waals surface area contributed by atoms with Crippen LogP contribution >= 0.6 is 0 Å². The van der Waals surface area contributed by atoms with Gasteiger partial charge in [0.15, 0.2) is 0 Å². The number of nitrogens with two attached hydrogens (primary N) is 1. The van der Waals surface area contributed by atoms with E-state index in [1.807, 2.05) is 0 Å². The lowest BCUT2D eigenvalue weighted by Crippen LogP contribution is -2.55. The van der Waals surface area contributed by atoms with Gasteiger partial charge in [-0.15, -0.1) is 0 Å². The first-order valence-electron chi connectivity index (χ1n) is 3.58. The summed E-state index contributed by atoms with van der Waals surface area (Å²) in [6.07, 6.45) is -4.55. The Morgan fingerprint density at radius 1 is 1.17 bits per heavy atom. The zero-order valence-corrected chi connectivity index (χ0v) is 6.33. The number of aliphatic hydroxyl groups excluding tert-OH is 4. The summed E-state index contributed by atoms with van der Waals surface area (Å²) in [6.45, 7) is -0.802. The molecule has 1 rings (SSSR count). The van der Waals surface area contributed by atoms with E-state index in [0.29, 0.717) is 0 Å². The molecule has 0 aromatic heterocycles. The minimum atomic E-state index is -2.02. The van der Waals surface area contributed by atoms with Crippen molar-refractivity contribution in [3.8, 4) is 0 Å². The smallest absolute Gasteiger partial charge is 0.134 e. The Labute approximate surface area is 68.9 Å². The van der Waals surface area contributed by atoms with Crippen LogP contribution in [0.5, 0.6) is 0 Å². The van der Waals surface area contributed by atoms with Crippen molar-refractivity contribution in [2.45, 2.75) is 30.0 Å². The number of hydrogen-bond donors (Lipinski definition) is 6. The van der Waals surface area contributed by atoms with E-state index in [0.717, 1.165) is 0 Å². The molecule has 0 aromatic rings. The first-order chi connectivity index (χ1) is 5.45. The molecule has 0 heterocycles. The second kappa shape index (κ2) is 2.91. The van der Waals surface area contributed by atoms with Crippen LogP contribution in [0.2, 0.25) is 0 Å². The lowest BCUT2D eigenvalue weighted by molar-refractivity contribution is -0.116. The maximum Gasteiger partial charge on any atom is 0.134 e. The van der Waals surface area contributed by atoms with Gasteiger partial charge in [0, 0.05) is 0 Å². The minimum absolute atomic E-state index is 0.802. The summed E-state index contributed by atoms with van der Waals surface area (Å²) in [7, 11) is 0. The molecule has 0 spiro atoms. The summed E-state index contributed by atoms with van der Waals surface area (Å²) in [5.41, 5.74) is 3.25. The molecule has 0 unspecified atom stereocenters. The normalized spacial score (nSPS) is 54.5. The van der Waals surface area contributed by atoms with Crippen molar-refractivity contribution in [3.05, 3.63) is 0 Å². The van der Waals surface area contributed by atoms with Gasteiger partial charge in [0.1, 0.15) is 23.9 Å². The van der Waals surface area contributed by atoms with Crippen molar-refractivity contribution in [2.24, 2.45) is 5.73 Å². The van der Waals surface area contributed by atoms with E-state index in [-0.39, 0.29) is 0 Å². The van der Waals surface area contributed by atoms with E-state index in [1.165, 1.54) is 0 Å². The van der Waals surface area contributed by atoms with Crippen LogP contribution in [-0.2, 0) is 0 Å². The van der Waals surface area contributed by atoms with Crippen molar-refractivity contribution in [3.63, 3.8) is 0 Å². The molecule has 1 fully saturated rings. The Morgan fingerprint density at radius 2 is 1.67 bits per heavy atom. The monoisotopic (exact) mass is 179 g/mol. The molecule has 1 aliphatic rings. The van der Waals surface area contributed by atoms with Gasteiger partial charge in [0.05, 0.1) is 12.6 Å². The fourth-order valence-corrected chi connectivity index (χ4v) is 1.39. The van der Waals surface area contributed by atoms with Crippen LogP contribution in [0, 0.1) is 0 Å². The zero-order chi connectivity index (χ0) is 9.52. The highest BCUT2D eigenvalue weighted by atomic mass is 16.4. The van der Waals surface area contributed by atoms with Crippen LogP contribution in [0.15, 0.2) is 0 Å². The largest absolute Gasteiger partial charge is 0.393 e. The molecule has 0 amide bonds. The summed E-state index contributed by atoms with van der Waals surface area (Å²) >= 11 is 0. The quantitative estimate of drug-likeness (QED) is 0.244. The Hall–Kier alpha value is -0.240. The van der Waals surface area contributed by atoms with E-state index in [4.69, 9.17) is 26.2 Å². The predicted octanol–water partition coefficient (Wildman–Crippen LogP) is -3.87. The minimum Gasteiger partial charge on any atom is -0.393 e. The molecule has 1 saturated carbocycles. The molecule has 1 aliphatic carbocycles. The van der Waals surface area contributed by atoms with E-state index in [2.05, 4.69) is 0 Å². The second-order valence-electron chi connectivity index (χ2n) is 3.10. The highest BCUT2D eigenvalue weighted by molar-refractivity contribution is 5.11. The maximum absolute atomic E-state index is 9.43. The van der Waals surface area contributed by atoms with Crippen molar-refractivity contribution in [1.29, 1.82) is 0 Å².